The van der Waals surface area contributed by atoms with Gasteiger partial charge in [-0.15, -0.1) is 0 Å². The Morgan fingerprint density at radius 3 is 2.85 bits per heavy atom. The second-order valence-corrected chi connectivity index (χ2v) is 7.19. The maximum Gasteiger partial charge on any atom is 0.174 e. The minimum atomic E-state index is -0.796. The Morgan fingerprint density at radius 1 is 1.41 bits per heavy atom. The van der Waals surface area contributed by atoms with E-state index in [9.17, 15) is 5.11 Å². The Bertz CT molecular complexity index is 967. The van der Waals surface area contributed by atoms with Gasteiger partial charge in [0.25, 0.3) is 0 Å². The fraction of sp³-hybridized carbons (Fsp3) is 0.278. The topological polar surface area (TPSA) is 68.5 Å². The van der Waals surface area contributed by atoms with Crippen LogP contribution in [0, 0.1) is 5.82 Å². The molecule has 144 valence electrons. The van der Waals surface area contributed by atoms with Crippen molar-refractivity contribution >= 4 is 49.9 Å². The number of hydrogen-bond donors (Lipinski definition) is 2. The smallest absolute Gasteiger partial charge is 0.174 e. The van der Waals surface area contributed by atoms with E-state index < -0.39 is 11.9 Å². The minimum absolute atomic E-state index is 0.0469. The van der Waals surface area contributed by atoms with E-state index in [-0.39, 0.29) is 24.6 Å². The van der Waals surface area contributed by atoms with Crippen LogP contribution in [-0.4, -0.2) is 35.2 Å². The SMILES string of the molecule is COCOC(CO)c1cc2c(ncn2C)c(F)c1Nc1ccc(Br)cc1Cl. The lowest BCUT2D eigenvalue weighted by atomic mass is 10.0. The zero-order chi connectivity index (χ0) is 19.6. The van der Waals surface area contributed by atoms with Crippen LogP contribution < -0.4 is 5.32 Å². The normalized spacial score (nSPS) is 12.5. The average molecular weight is 459 g/mol. The third-order valence-corrected chi connectivity index (χ3v) is 4.89. The van der Waals surface area contributed by atoms with Gasteiger partial charge in [-0.1, -0.05) is 27.5 Å². The summed E-state index contributed by atoms with van der Waals surface area (Å²) in [7, 11) is 3.24. The number of aliphatic hydroxyl groups is 1. The summed E-state index contributed by atoms with van der Waals surface area (Å²) in [6.07, 6.45) is 0.730. The first-order valence-corrected chi connectivity index (χ1v) is 9.20. The van der Waals surface area contributed by atoms with E-state index in [0.29, 0.717) is 21.8 Å². The molecule has 0 saturated heterocycles. The number of imidazole rings is 1. The van der Waals surface area contributed by atoms with Crippen molar-refractivity contribution < 1.29 is 19.0 Å². The maximum atomic E-state index is 15.3. The number of aryl methyl sites for hydroxylation is 1. The van der Waals surface area contributed by atoms with Gasteiger partial charge in [0.15, 0.2) is 5.82 Å². The number of aliphatic hydroxyl groups excluding tert-OH is 1. The summed E-state index contributed by atoms with van der Waals surface area (Å²) >= 11 is 9.61. The molecule has 0 amide bonds. The van der Waals surface area contributed by atoms with E-state index >= 15 is 4.39 Å². The van der Waals surface area contributed by atoms with Gasteiger partial charge in [-0.2, -0.15) is 0 Å². The highest BCUT2D eigenvalue weighted by atomic mass is 79.9. The number of nitrogens with one attached hydrogen (secondary N) is 1. The van der Waals surface area contributed by atoms with Crippen LogP contribution in [-0.2, 0) is 16.5 Å². The van der Waals surface area contributed by atoms with E-state index in [1.54, 1.807) is 35.9 Å². The molecular formula is C18H18BrClFN3O3. The zero-order valence-electron chi connectivity index (χ0n) is 14.7. The van der Waals surface area contributed by atoms with Gasteiger partial charge in [0.05, 0.1) is 34.8 Å². The summed E-state index contributed by atoms with van der Waals surface area (Å²) in [5.74, 6) is -0.554. The molecule has 0 aliphatic heterocycles. The zero-order valence-corrected chi connectivity index (χ0v) is 17.0. The van der Waals surface area contributed by atoms with Gasteiger partial charge < -0.3 is 24.5 Å². The fourth-order valence-corrected chi connectivity index (χ4v) is 3.46. The van der Waals surface area contributed by atoms with Crippen molar-refractivity contribution in [3.63, 3.8) is 0 Å². The molecule has 1 aromatic heterocycles. The molecule has 0 radical (unpaired) electrons. The minimum Gasteiger partial charge on any atom is -0.393 e. The van der Waals surface area contributed by atoms with Crippen LogP contribution in [0.25, 0.3) is 11.0 Å². The summed E-state index contributed by atoms with van der Waals surface area (Å²) in [4.78, 5) is 4.12. The van der Waals surface area contributed by atoms with Gasteiger partial charge in [0.1, 0.15) is 18.4 Å². The summed E-state index contributed by atoms with van der Waals surface area (Å²) in [5.41, 5.74) is 1.87. The van der Waals surface area contributed by atoms with Crippen LogP contribution in [0.15, 0.2) is 35.1 Å². The van der Waals surface area contributed by atoms with Crippen molar-refractivity contribution in [3.8, 4) is 0 Å². The Balaban J connectivity index is 2.15. The van der Waals surface area contributed by atoms with Gasteiger partial charge in [-0.25, -0.2) is 9.37 Å². The molecule has 0 aliphatic carbocycles. The highest BCUT2D eigenvalue weighted by Crippen LogP contribution is 2.37. The Kier molecular flexibility index (Phi) is 6.33. The standard InChI is InChI=1S/C18H18BrClFN3O3/c1-24-8-22-18-14(24)6-11(15(7-25)27-9-26-2)17(16(18)21)23-13-4-3-10(19)5-12(13)20/h3-6,8,15,23,25H,7,9H2,1-2H3. The summed E-state index contributed by atoms with van der Waals surface area (Å²) in [6, 6.07) is 6.95. The molecule has 0 saturated carbocycles. The third-order valence-electron chi connectivity index (χ3n) is 4.08. The van der Waals surface area contributed by atoms with Crippen LogP contribution >= 0.6 is 27.5 Å². The molecule has 27 heavy (non-hydrogen) atoms. The Hall–Kier alpha value is -1.71. The van der Waals surface area contributed by atoms with Crippen molar-refractivity contribution in [3.05, 3.63) is 51.5 Å². The molecule has 9 heteroatoms. The molecule has 2 N–H and O–H groups in total. The summed E-state index contributed by atoms with van der Waals surface area (Å²) < 4.78 is 28.2. The lowest BCUT2D eigenvalue weighted by Gasteiger charge is -2.21. The van der Waals surface area contributed by atoms with Crippen LogP contribution in [0.5, 0.6) is 0 Å². The lowest BCUT2D eigenvalue weighted by molar-refractivity contribution is -0.0886. The fourth-order valence-electron chi connectivity index (χ4n) is 2.74. The number of fused-ring (bicyclic) bond motifs is 1. The number of methoxy groups -OCH3 is 1. The van der Waals surface area contributed by atoms with Gasteiger partial charge in [0.2, 0.25) is 0 Å². The van der Waals surface area contributed by atoms with Crippen LogP contribution in [0.1, 0.15) is 11.7 Å². The van der Waals surface area contributed by atoms with Gasteiger partial charge in [0, 0.05) is 24.2 Å². The first-order chi connectivity index (χ1) is 13.0. The molecule has 3 rings (SSSR count). The van der Waals surface area contributed by atoms with Crippen molar-refractivity contribution in [1.29, 1.82) is 0 Å². The molecular weight excluding hydrogens is 441 g/mol. The van der Waals surface area contributed by atoms with E-state index in [4.69, 9.17) is 21.1 Å². The predicted octanol–water partition coefficient (Wildman–Crippen LogP) is 4.53. The molecule has 1 atom stereocenters. The van der Waals surface area contributed by atoms with Gasteiger partial charge >= 0.3 is 0 Å². The second-order valence-electron chi connectivity index (χ2n) is 5.87. The Morgan fingerprint density at radius 2 is 2.19 bits per heavy atom. The highest BCUT2D eigenvalue weighted by molar-refractivity contribution is 9.10. The monoisotopic (exact) mass is 457 g/mol. The molecule has 3 aromatic rings. The lowest BCUT2D eigenvalue weighted by Crippen LogP contribution is -2.14. The van der Waals surface area contributed by atoms with Gasteiger partial charge in [-0.3, -0.25) is 0 Å². The van der Waals surface area contributed by atoms with E-state index in [1.807, 2.05) is 0 Å². The first-order valence-electron chi connectivity index (χ1n) is 8.03. The van der Waals surface area contributed by atoms with Crippen LogP contribution in [0.3, 0.4) is 0 Å². The molecule has 1 unspecified atom stereocenters. The van der Waals surface area contributed by atoms with E-state index in [1.165, 1.54) is 13.4 Å². The number of ether oxygens (including phenoxy) is 2. The molecule has 1 heterocycles. The molecule has 0 aliphatic rings. The molecule has 0 bridgehead atoms. The average Bonchev–Trinajstić information content (AvgIpc) is 3.01. The quantitative estimate of drug-likeness (QED) is 0.509. The second kappa shape index (κ2) is 8.53. The third kappa shape index (κ3) is 4.09. The molecule has 0 fully saturated rings. The van der Waals surface area contributed by atoms with Crippen molar-refractivity contribution in [2.24, 2.45) is 7.05 Å². The predicted molar refractivity (Wildman–Crippen MR) is 106 cm³/mol. The first kappa shape index (κ1) is 20.0. The molecule has 2 aromatic carbocycles. The van der Waals surface area contributed by atoms with Crippen LogP contribution in [0.2, 0.25) is 5.02 Å². The number of rotatable bonds is 7. The van der Waals surface area contributed by atoms with Crippen molar-refractivity contribution in [1.82, 2.24) is 9.55 Å². The van der Waals surface area contributed by atoms with E-state index in [2.05, 4.69) is 26.2 Å². The summed E-state index contributed by atoms with van der Waals surface area (Å²) in [5, 5.41) is 13.2. The molecule has 6 nitrogen and oxygen atoms in total. The number of anilines is 2. The number of halogens is 3. The highest BCUT2D eigenvalue weighted by Gasteiger charge is 2.23. The number of nitrogens with zero attached hydrogens (tertiary/aromatic N) is 2. The Labute approximate surface area is 169 Å². The number of benzene rings is 2. The maximum absolute atomic E-state index is 15.3. The number of hydrogen-bond acceptors (Lipinski definition) is 5. The van der Waals surface area contributed by atoms with Crippen LogP contribution in [0.4, 0.5) is 15.8 Å². The largest absolute Gasteiger partial charge is 0.393 e. The van der Waals surface area contributed by atoms with Crippen molar-refractivity contribution in [2.45, 2.75) is 6.10 Å². The summed E-state index contributed by atoms with van der Waals surface area (Å²) in [6.45, 7) is -0.399. The van der Waals surface area contributed by atoms with Crippen molar-refractivity contribution in [2.75, 3.05) is 25.8 Å². The number of aromatic nitrogens is 2. The molecule has 0 spiro atoms. The van der Waals surface area contributed by atoms with E-state index in [0.717, 1.165) is 4.47 Å². The van der Waals surface area contributed by atoms with Gasteiger partial charge in [-0.05, 0) is 24.3 Å².